The lowest BCUT2D eigenvalue weighted by Gasteiger charge is -2.45. The molecule has 1 aromatic heterocycles. The van der Waals surface area contributed by atoms with Crippen molar-refractivity contribution in [2.75, 3.05) is 26.7 Å². The molecule has 26 heavy (non-hydrogen) atoms. The summed E-state index contributed by atoms with van der Waals surface area (Å²) in [5.41, 5.74) is 4.16. The van der Waals surface area contributed by atoms with Gasteiger partial charge < -0.3 is 14.8 Å². The summed E-state index contributed by atoms with van der Waals surface area (Å²) >= 11 is 0. The van der Waals surface area contributed by atoms with Crippen LogP contribution in [0.25, 0.3) is 10.9 Å². The summed E-state index contributed by atoms with van der Waals surface area (Å²) in [6.07, 6.45) is 5.38. The van der Waals surface area contributed by atoms with E-state index in [4.69, 9.17) is 0 Å². The second-order valence-electron chi connectivity index (χ2n) is 8.07. The number of nitrogens with zero attached hydrogens (tertiary/aromatic N) is 2. The molecule has 1 aromatic carbocycles. The third kappa shape index (κ3) is 2.43. The van der Waals surface area contributed by atoms with Gasteiger partial charge in [0.25, 0.3) is 0 Å². The fraction of sp³-hybridized carbons (Fsp3) is 0.500. The predicted octanol–water partition coefficient (Wildman–Crippen LogP) is 2.07. The summed E-state index contributed by atoms with van der Waals surface area (Å²) in [6.45, 7) is 1.92. The Labute approximate surface area is 152 Å². The number of urea groups is 1. The lowest BCUT2D eigenvalue weighted by atomic mass is 9.72. The zero-order valence-corrected chi connectivity index (χ0v) is 15.0. The number of imide groups is 1. The number of likely N-dealkylation sites (N-methyl/N-ethyl adjacent to an activating group) is 1. The molecule has 136 valence electrons. The minimum absolute atomic E-state index is 0.185. The highest BCUT2D eigenvalue weighted by atomic mass is 16.2. The SMILES string of the molecule is CN1C[C@H](CCN2CC(=O)NC2=O)C[C@@H]2c3cccc4[nH]cc(c34)C[C@H]21. The first-order valence-corrected chi connectivity index (χ1v) is 9.48. The molecule has 0 saturated carbocycles. The maximum atomic E-state index is 11.8. The van der Waals surface area contributed by atoms with Crippen LogP contribution in [-0.4, -0.2) is 59.4 Å². The molecule has 3 amide bonds. The molecule has 6 nitrogen and oxygen atoms in total. The van der Waals surface area contributed by atoms with Crippen LogP contribution < -0.4 is 5.32 Å². The van der Waals surface area contributed by atoms with Crippen LogP contribution in [0.4, 0.5) is 4.79 Å². The van der Waals surface area contributed by atoms with Gasteiger partial charge in [-0.25, -0.2) is 4.79 Å². The van der Waals surface area contributed by atoms with E-state index >= 15 is 0 Å². The summed E-state index contributed by atoms with van der Waals surface area (Å²) in [7, 11) is 2.23. The number of likely N-dealkylation sites (tertiary alicyclic amines) is 1. The van der Waals surface area contributed by atoms with Gasteiger partial charge in [-0.2, -0.15) is 0 Å². The highest BCUT2D eigenvalue weighted by Crippen LogP contribution is 2.44. The molecule has 6 heteroatoms. The van der Waals surface area contributed by atoms with Gasteiger partial charge in [0.15, 0.2) is 0 Å². The van der Waals surface area contributed by atoms with Crippen molar-refractivity contribution >= 4 is 22.8 Å². The normalized spacial score (nSPS) is 28.5. The van der Waals surface area contributed by atoms with Crippen LogP contribution in [0.3, 0.4) is 0 Å². The van der Waals surface area contributed by atoms with E-state index in [1.54, 1.807) is 4.90 Å². The Morgan fingerprint density at radius 3 is 2.96 bits per heavy atom. The number of carbonyl (C=O) groups excluding carboxylic acids is 2. The van der Waals surface area contributed by atoms with E-state index in [9.17, 15) is 9.59 Å². The summed E-state index contributed by atoms with van der Waals surface area (Å²) < 4.78 is 0. The number of fused-ring (bicyclic) bond motifs is 2. The average Bonchev–Trinajstić information content (AvgIpc) is 3.18. The van der Waals surface area contributed by atoms with Crippen LogP contribution in [0, 0.1) is 5.92 Å². The second-order valence-corrected chi connectivity index (χ2v) is 8.07. The van der Waals surface area contributed by atoms with E-state index in [1.165, 1.54) is 22.0 Å². The standard InChI is InChI=1S/C20H24N4O2/c1-23-10-12(5-6-24-11-18(25)22-20(24)26)7-15-14-3-2-4-16-19(14)13(9-21-16)8-17(15)23/h2-4,9,12,15,17,21H,5-8,10-11H2,1H3,(H,22,25,26)/t12-,15-,17-/m1/s1. The van der Waals surface area contributed by atoms with Crippen LogP contribution in [0.1, 0.15) is 29.9 Å². The molecule has 0 radical (unpaired) electrons. The first-order valence-electron chi connectivity index (χ1n) is 9.48. The number of benzene rings is 1. The number of carbonyl (C=O) groups is 2. The zero-order valence-electron chi connectivity index (χ0n) is 15.0. The van der Waals surface area contributed by atoms with Gasteiger partial charge in [-0.05, 0) is 49.4 Å². The number of piperidine rings is 1. The minimum Gasteiger partial charge on any atom is -0.361 e. The second kappa shape index (κ2) is 5.84. The molecule has 3 heterocycles. The van der Waals surface area contributed by atoms with Crippen LogP contribution >= 0.6 is 0 Å². The van der Waals surface area contributed by atoms with Crippen molar-refractivity contribution in [2.24, 2.45) is 5.92 Å². The van der Waals surface area contributed by atoms with Crippen molar-refractivity contribution in [1.82, 2.24) is 20.1 Å². The van der Waals surface area contributed by atoms with E-state index in [0.29, 0.717) is 24.4 Å². The van der Waals surface area contributed by atoms with Crippen molar-refractivity contribution in [2.45, 2.75) is 31.2 Å². The smallest absolute Gasteiger partial charge is 0.324 e. The first-order chi connectivity index (χ1) is 12.6. The Morgan fingerprint density at radius 1 is 1.27 bits per heavy atom. The number of H-pyrrole nitrogens is 1. The minimum atomic E-state index is -0.239. The molecule has 2 fully saturated rings. The third-order valence-corrected chi connectivity index (χ3v) is 6.49. The third-order valence-electron chi connectivity index (χ3n) is 6.49. The topological polar surface area (TPSA) is 68.4 Å². The largest absolute Gasteiger partial charge is 0.361 e. The molecule has 0 unspecified atom stereocenters. The quantitative estimate of drug-likeness (QED) is 0.831. The van der Waals surface area contributed by atoms with E-state index in [-0.39, 0.29) is 18.5 Å². The van der Waals surface area contributed by atoms with Crippen molar-refractivity contribution in [3.63, 3.8) is 0 Å². The highest BCUT2D eigenvalue weighted by Gasteiger charge is 2.39. The molecule has 5 rings (SSSR count). The highest BCUT2D eigenvalue weighted by molar-refractivity contribution is 6.01. The lowest BCUT2D eigenvalue weighted by Crippen LogP contribution is -2.48. The molecule has 3 aliphatic rings. The molecular formula is C20H24N4O2. The maximum Gasteiger partial charge on any atom is 0.324 e. The van der Waals surface area contributed by atoms with Crippen LogP contribution in [0.15, 0.2) is 24.4 Å². The molecule has 2 N–H and O–H groups in total. The Bertz CT molecular complexity index is 889. The number of aromatic amines is 1. The zero-order chi connectivity index (χ0) is 17.8. The average molecular weight is 352 g/mol. The Balaban J connectivity index is 1.36. The van der Waals surface area contributed by atoms with E-state index in [2.05, 4.69) is 46.6 Å². The molecule has 2 aliphatic heterocycles. The number of rotatable bonds is 3. The summed E-state index contributed by atoms with van der Waals surface area (Å²) in [6, 6.07) is 6.92. The fourth-order valence-corrected chi connectivity index (χ4v) is 5.27. The van der Waals surface area contributed by atoms with Crippen molar-refractivity contribution in [1.29, 1.82) is 0 Å². The van der Waals surface area contributed by atoms with Gasteiger partial charge in [0.1, 0.15) is 6.54 Å². The molecule has 3 atom stereocenters. The first kappa shape index (κ1) is 15.9. The van der Waals surface area contributed by atoms with Crippen molar-refractivity contribution in [3.8, 4) is 0 Å². The molecule has 1 aliphatic carbocycles. The molecule has 0 spiro atoms. The lowest BCUT2D eigenvalue weighted by molar-refractivity contribution is -0.118. The number of nitrogens with one attached hydrogen (secondary N) is 2. The maximum absolute atomic E-state index is 11.8. The van der Waals surface area contributed by atoms with Gasteiger partial charge in [-0.15, -0.1) is 0 Å². The van der Waals surface area contributed by atoms with Gasteiger partial charge in [0, 0.05) is 42.1 Å². The van der Waals surface area contributed by atoms with Crippen molar-refractivity contribution in [3.05, 3.63) is 35.5 Å². The van der Waals surface area contributed by atoms with Gasteiger partial charge in [-0.1, -0.05) is 12.1 Å². The predicted molar refractivity (Wildman–Crippen MR) is 99.0 cm³/mol. The number of hydrogen-bond donors (Lipinski definition) is 2. The molecule has 2 aromatic rings. The fourth-order valence-electron chi connectivity index (χ4n) is 5.27. The van der Waals surface area contributed by atoms with Gasteiger partial charge in [-0.3, -0.25) is 10.1 Å². The summed E-state index contributed by atoms with van der Waals surface area (Å²) in [5.74, 6) is 0.898. The van der Waals surface area contributed by atoms with Gasteiger partial charge >= 0.3 is 6.03 Å². The number of aromatic nitrogens is 1. The molecular weight excluding hydrogens is 328 g/mol. The van der Waals surface area contributed by atoms with E-state index < -0.39 is 0 Å². The van der Waals surface area contributed by atoms with Crippen LogP contribution in [0.5, 0.6) is 0 Å². The van der Waals surface area contributed by atoms with Crippen LogP contribution in [-0.2, 0) is 11.2 Å². The summed E-state index contributed by atoms with van der Waals surface area (Å²) in [5, 5.41) is 3.79. The van der Waals surface area contributed by atoms with Crippen molar-refractivity contribution < 1.29 is 9.59 Å². The van der Waals surface area contributed by atoms with Gasteiger partial charge in [0.2, 0.25) is 5.91 Å². The summed E-state index contributed by atoms with van der Waals surface area (Å²) in [4.78, 5) is 30.7. The Kier molecular flexibility index (Phi) is 3.57. The Morgan fingerprint density at radius 2 is 2.15 bits per heavy atom. The number of hydrogen-bond acceptors (Lipinski definition) is 3. The Hall–Kier alpha value is -2.34. The molecule has 0 bridgehead atoms. The van der Waals surface area contributed by atoms with E-state index in [1.807, 2.05) is 0 Å². The van der Waals surface area contributed by atoms with E-state index in [0.717, 1.165) is 25.8 Å². The monoisotopic (exact) mass is 352 g/mol. The number of amides is 3. The van der Waals surface area contributed by atoms with Crippen LogP contribution in [0.2, 0.25) is 0 Å². The molecule has 2 saturated heterocycles. The van der Waals surface area contributed by atoms with Gasteiger partial charge in [0.05, 0.1) is 0 Å².